The first kappa shape index (κ1) is 17.6. The molecule has 0 bridgehead atoms. The first-order chi connectivity index (χ1) is 12.5. The zero-order valence-corrected chi connectivity index (χ0v) is 14.3. The van der Waals surface area contributed by atoms with Crippen LogP contribution in [0.3, 0.4) is 0 Å². The Kier molecular flexibility index (Phi) is 4.97. The lowest BCUT2D eigenvalue weighted by atomic mass is 10.1. The van der Waals surface area contributed by atoms with Crippen LogP contribution in [0, 0.1) is 10.1 Å². The monoisotopic (exact) mass is 354 g/mol. The van der Waals surface area contributed by atoms with E-state index in [1.54, 1.807) is 48.2 Å². The number of benzene rings is 2. The molecule has 0 saturated carbocycles. The maximum absolute atomic E-state index is 12.3. The minimum atomic E-state index is -0.623. The lowest BCUT2D eigenvalue weighted by Gasteiger charge is -2.16. The molecule has 1 amide bonds. The van der Waals surface area contributed by atoms with E-state index in [9.17, 15) is 19.7 Å². The maximum Gasteiger partial charge on any atom is 0.338 e. The molecule has 1 aliphatic rings. The lowest BCUT2D eigenvalue weighted by Crippen LogP contribution is -2.23. The van der Waals surface area contributed by atoms with Crippen molar-refractivity contribution in [3.63, 3.8) is 0 Å². The fraction of sp³-hybridized carbons (Fsp3) is 0.263. The third kappa shape index (κ3) is 3.72. The second-order valence-electron chi connectivity index (χ2n) is 6.10. The summed E-state index contributed by atoms with van der Waals surface area (Å²) in [6, 6.07) is 12.7. The van der Waals surface area contributed by atoms with Crippen molar-refractivity contribution in [2.75, 3.05) is 11.4 Å². The topological polar surface area (TPSA) is 89.8 Å². The molecule has 0 radical (unpaired) electrons. The van der Waals surface area contributed by atoms with Crippen LogP contribution in [0.15, 0.2) is 48.5 Å². The summed E-state index contributed by atoms with van der Waals surface area (Å²) in [4.78, 5) is 36.1. The second kappa shape index (κ2) is 7.35. The Labute approximate surface area is 150 Å². The SMILES string of the molecule is C[C@H](OC(=O)c1ccc(N2CCCC2=O)cc1)c1cccc([N+](=O)[O-])c1. The third-order valence-corrected chi connectivity index (χ3v) is 4.32. The number of non-ortho nitro benzene ring substituents is 1. The Bertz CT molecular complexity index is 847. The van der Waals surface area contributed by atoms with Crippen molar-refractivity contribution in [3.05, 3.63) is 69.8 Å². The standard InChI is InChI=1S/C19H18N2O5/c1-13(15-4-2-5-17(12-15)21(24)25)26-19(23)14-7-9-16(10-8-14)20-11-3-6-18(20)22/h2,4-5,7-10,12-13H,3,6,11H2,1H3/t13-/m0/s1. The van der Waals surface area contributed by atoms with Crippen LogP contribution in [0.2, 0.25) is 0 Å². The lowest BCUT2D eigenvalue weighted by molar-refractivity contribution is -0.385. The zero-order chi connectivity index (χ0) is 18.7. The number of carbonyl (C=O) groups excluding carboxylic acids is 2. The van der Waals surface area contributed by atoms with Crippen molar-refractivity contribution < 1.29 is 19.2 Å². The van der Waals surface area contributed by atoms with Crippen LogP contribution >= 0.6 is 0 Å². The summed E-state index contributed by atoms with van der Waals surface area (Å²) < 4.78 is 5.40. The van der Waals surface area contributed by atoms with E-state index in [-0.39, 0.29) is 11.6 Å². The Hall–Kier alpha value is -3.22. The molecule has 1 heterocycles. The van der Waals surface area contributed by atoms with E-state index in [0.29, 0.717) is 24.1 Å². The highest BCUT2D eigenvalue weighted by Crippen LogP contribution is 2.25. The van der Waals surface area contributed by atoms with Gasteiger partial charge in [0.2, 0.25) is 5.91 Å². The summed E-state index contributed by atoms with van der Waals surface area (Å²) in [5.74, 6) is -0.442. The van der Waals surface area contributed by atoms with Gasteiger partial charge in [-0.25, -0.2) is 4.79 Å². The number of esters is 1. The van der Waals surface area contributed by atoms with E-state index in [2.05, 4.69) is 0 Å². The van der Waals surface area contributed by atoms with Gasteiger partial charge in [-0.2, -0.15) is 0 Å². The van der Waals surface area contributed by atoms with Gasteiger partial charge in [0.1, 0.15) is 6.10 Å². The molecule has 1 atom stereocenters. The Morgan fingerprint density at radius 1 is 1.23 bits per heavy atom. The molecule has 134 valence electrons. The molecule has 0 N–H and O–H groups in total. The minimum Gasteiger partial charge on any atom is -0.454 e. The summed E-state index contributed by atoms with van der Waals surface area (Å²) in [5.41, 5.74) is 1.62. The average Bonchev–Trinajstić information content (AvgIpc) is 3.07. The molecule has 26 heavy (non-hydrogen) atoms. The van der Waals surface area contributed by atoms with Gasteiger partial charge in [-0.15, -0.1) is 0 Å². The number of anilines is 1. The largest absolute Gasteiger partial charge is 0.454 e. The molecule has 7 nitrogen and oxygen atoms in total. The molecule has 3 rings (SSSR count). The van der Waals surface area contributed by atoms with Gasteiger partial charge in [0.15, 0.2) is 0 Å². The van der Waals surface area contributed by atoms with Crippen LogP contribution in [0.1, 0.15) is 41.8 Å². The Balaban J connectivity index is 1.68. The van der Waals surface area contributed by atoms with Gasteiger partial charge in [-0.05, 0) is 43.2 Å². The zero-order valence-electron chi connectivity index (χ0n) is 14.3. The van der Waals surface area contributed by atoms with E-state index >= 15 is 0 Å². The van der Waals surface area contributed by atoms with Crippen LogP contribution in [0.4, 0.5) is 11.4 Å². The molecule has 1 saturated heterocycles. The van der Waals surface area contributed by atoms with Crippen molar-refractivity contribution in [1.82, 2.24) is 0 Å². The van der Waals surface area contributed by atoms with Crippen LogP contribution in [-0.4, -0.2) is 23.3 Å². The highest BCUT2D eigenvalue weighted by Gasteiger charge is 2.22. The minimum absolute atomic E-state index is 0.0509. The molecule has 1 aliphatic heterocycles. The molecule has 1 fully saturated rings. The molecule has 0 unspecified atom stereocenters. The Morgan fingerprint density at radius 3 is 2.58 bits per heavy atom. The van der Waals surface area contributed by atoms with Gasteiger partial charge < -0.3 is 9.64 Å². The number of ether oxygens (including phenoxy) is 1. The predicted molar refractivity (Wildman–Crippen MR) is 95.0 cm³/mol. The van der Waals surface area contributed by atoms with E-state index in [4.69, 9.17) is 4.74 Å². The van der Waals surface area contributed by atoms with Crippen molar-refractivity contribution in [2.45, 2.75) is 25.9 Å². The summed E-state index contributed by atoms with van der Waals surface area (Å²) in [7, 11) is 0. The van der Waals surface area contributed by atoms with Crippen molar-refractivity contribution >= 4 is 23.3 Å². The van der Waals surface area contributed by atoms with Gasteiger partial charge in [0, 0.05) is 30.8 Å². The number of hydrogen-bond acceptors (Lipinski definition) is 5. The van der Waals surface area contributed by atoms with Gasteiger partial charge >= 0.3 is 5.97 Å². The normalized spacial score (nSPS) is 15.0. The number of hydrogen-bond donors (Lipinski definition) is 0. The number of nitro benzene ring substituents is 1. The molecule has 2 aromatic rings. The van der Waals surface area contributed by atoms with E-state index in [1.807, 2.05) is 0 Å². The highest BCUT2D eigenvalue weighted by atomic mass is 16.6. The maximum atomic E-state index is 12.3. The number of nitrogens with zero attached hydrogens (tertiary/aromatic N) is 2. The summed E-state index contributed by atoms with van der Waals surface area (Å²) in [6.07, 6.45) is 0.760. The number of amides is 1. The van der Waals surface area contributed by atoms with Crippen LogP contribution in [0.5, 0.6) is 0 Å². The summed E-state index contributed by atoms with van der Waals surface area (Å²) in [5, 5.41) is 10.9. The van der Waals surface area contributed by atoms with Gasteiger partial charge in [-0.1, -0.05) is 12.1 Å². The van der Waals surface area contributed by atoms with E-state index in [1.165, 1.54) is 12.1 Å². The number of carbonyl (C=O) groups is 2. The summed E-state index contributed by atoms with van der Waals surface area (Å²) >= 11 is 0. The first-order valence-corrected chi connectivity index (χ1v) is 8.31. The fourth-order valence-corrected chi connectivity index (χ4v) is 2.89. The van der Waals surface area contributed by atoms with E-state index in [0.717, 1.165) is 12.1 Å². The molecule has 0 aromatic heterocycles. The third-order valence-electron chi connectivity index (χ3n) is 4.32. The van der Waals surface area contributed by atoms with Crippen molar-refractivity contribution in [3.8, 4) is 0 Å². The smallest absolute Gasteiger partial charge is 0.338 e. The quantitative estimate of drug-likeness (QED) is 0.464. The Morgan fingerprint density at radius 2 is 1.96 bits per heavy atom. The van der Waals surface area contributed by atoms with Gasteiger partial charge in [0.25, 0.3) is 5.69 Å². The van der Waals surface area contributed by atoms with Crippen molar-refractivity contribution in [2.24, 2.45) is 0 Å². The molecule has 2 aromatic carbocycles. The van der Waals surface area contributed by atoms with Crippen molar-refractivity contribution in [1.29, 1.82) is 0 Å². The fourth-order valence-electron chi connectivity index (χ4n) is 2.89. The predicted octanol–water partition coefficient (Wildman–Crippen LogP) is 3.64. The van der Waals surface area contributed by atoms with Gasteiger partial charge in [-0.3, -0.25) is 14.9 Å². The van der Waals surface area contributed by atoms with Crippen LogP contribution in [-0.2, 0) is 9.53 Å². The first-order valence-electron chi connectivity index (χ1n) is 8.31. The number of rotatable bonds is 5. The molecule has 0 aliphatic carbocycles. The average molecular weight is 354 g/mol. The van der Waals surface area contributed by atoms with Crippen LogP contribution in [0.25, 0.3) is 0 Å². The number of nitro groups is 1. The highest BCUT2D eigenvalue weighted by molar-refractivity contribution is 5.96. The second-order valence-corrected chi connectivity index (χ2v) is 6.10. The van der Waals surface area contributed by atoms with Gasteiger partial charge in [0.05, 0.1) is 10.5 Å². The molecular weight excluding hydrogens is 336 g/mol. The van der Waals surface area contributed by atoms with Crippen LogP contribution < -0.4 is 4.90 Å². The summed E-state index contributed by atoms with van der Waals surface area (Å²) in [6.45, 7) is 2.35. The molecule has 0 spiro atoms. The van der Waals surface area contributed by atoms with E-state index < -0.39 is 17.0 Å². The molecular formula is C19H18N2O5. The molecule has 7 heteroatoms.